The standard InChI is InChI=1S/C12H21NO4/c1-3-11(14)13-6-4-5-10(9-13)12(15)17-8-7-16-2/h10H,3-9H2,1-2H3. The van der Waals surface area contributed by atoms with Gasteiger partial charge in [-0.1, -0.05) is 6.92 Å². The van der Waals surface area contributed by atoms with E-state index in [2.05, 4.69) is 0 Å². The number of nitrogens with zero attached hydrogens (tertiary/aromatic N) is 1. The molecule has 5 heteroatoms. The molecule has 1 amide bonds. The Bertz CT molecular complexity index is 267. The number of carbonyl (C=O) groups is 2. The van der Waals surface area contributed by atoms with Crippen LogP contribution in [0.25, 0.3) is 0 Å². The van der Waals surface area contributed by atoms with Gasteiger partial charge in [-0.05, 0) is 12.8 Å². The van der Waals surface area contributed by atoms with Gasteiger partial charge >= 0.3 is 5.97 Å². The predicted octanol–water partition coefficient (Wildman–Crippen LogP) is 0.825. The van der Waals surface area contributed by atoms with E-state index in [9.17, 15) is 9.59 Å². The number of carbonyl (C=O) groups excluding carboxylic acids is 2. The zero-order chi connectivity index (χ0) is 12.7. The zero-order valence-corrected chi connectivity index (χ0v) is 10.6. The largest absolute Gasteiger partial charge is 0.463 e. The molecule has 1 unspecified atom stereocenters. The van der Waals surface area contributed by atoms with Crippen LogP contribution in [-0.4, -0.2) is 50.2 Å². The molecule has 1 rings (SSSR count). The first-order valence-corrected chi connectivity index (χ1v) is 6.12. The molecule has 98 valence electrons. The van der Waals surface area contributed by atoms with E-state index < -0.39 is 0 Å². The summed E-state index contributed by atoms with van der Waals surface area (Å²) in [5.74, 6) is -0.272. The third kappa shape index (κ3) is 4.34. The highest BCUT2D eigenvalue weighted by molar-refractivity contribution is 5.78. The van der Waals surface area contributed by atoms with Crippen molar-refractivity contribution < 1.29 is 19.1 Å². The fourth-order valence-electron chi connectivity index (χ4n) is 1.96. The van der Waals surface area contributed by atoms with Crippen molar-refractivity contribution in [1.82, 2.24) is 4.90 Å². The van der Waals surface area contributed by atoms with Crippen LogP contribution in [0.5, 0.6) is 0 Å². The van der Waals surface area contributed by atoms with Gasteiger partial charge in [-0.15, -0.1) is 0 Å². The lowest BCUT2D eigenvalue weighted by Gasteiger charge is -2.31. The molecule has 0 aromatic heterocycles. The summed E-state index contributed by atoms with van der Waals surface area (Å²) in [6.45, 7) is 3.79. The molecule has 1 saturated heterocycles. The first-order chi connectivity index (χ1) is 8.19. The van der Waals surface area contributed by atoms with Crippen LogP contribution in [-0.2, 0) is 19.1 Å². The van der Waals surface area contributed by atoms with Crippen molar-refractivity contribution in [2.24, 2.45) is 5.92 Å². The molecule has 1 aliphatic rings. The van der Waals surface area contributed by atoms with E-state index in [0.717, 1.165) is 19.4 Å². The van der Waals surface area contributed by atoms with Gasteiger partial charge < -0.3 is 14.4 Å². The Balaban J connectivity index is 2.37. The number of likely N-dealkylation sites (tertiary alicyclic amines) is 1. The summed E-state index contributed by atoms with van der Waals surface area (Å²) in [5, 5.41) is 0. The number of rotatable bonds is 5. The van der Waals surface area contributed by atoms with Crippen molar-refractivity contribution >= 4 is 11.9 Å². The third-order valence-corrected chi connectivity index (χ3v) is 2.94. The Labute approximate surface area is 102 Å². The van der Waals surface area contributed by atoms with Crippen LogP contribution in [0.3, 0.4) is 0 Å². The van der Waals surface area contributed by atoms with E-state index in [1.165, 1.54) is 0 Å². The molecule has 1 heterocycles. The fraction of sp³-hybridized carbons (Fsp3) is 0.833. The quantitative estimate of drug-likeness (QED) is 0.530. The summed E-state index contributed by atoms with van der Waals surface area (Å²) in [5.41, 5.74) is 0. The third-order valence-electron chi connectivity index (χ3n) is 2.94. The van der Waals surface area contributed by atoms with Crippen LogP contribution in [0.4, 0.5) is 0 Å². The summed E-state index contributed by atoms with van der Waals surface area (Å²) in [7, 11) is 1.57. The van der Waals surface area contributed by atoms with Gasteiger partial charge in [0, 0.05) is 26.6 Å². The van der Waals surface area contributed by atoms with Crippen molar-refractivity contribution in [3.8, 4) is 0 Å². The van der Waals surface area contributed by atoms with Gasteiger partial charge in [-0.3, -0.25) is 9.59 Å². The molecule has 5 nitrogen and oxygen atoms in total. The second-order valence-corrected chi connectivity index (χ2v) is 4.19. The van der Waals surface area contributed by atoms with Crippen molar-refractivity contribution in [1.29, 1.82) is 0 Å². The predicted molar refractivity (Wildman–Crippen MR) is 62.4 cm³/mol. The Hall–Kier alpha value is -1.10. The fourth-order valence-corrected chi connectivity index (χ4v) is 1.96. The summed E-state index contributed by atoms with van der Waals surface area (Å²) in [4.78, 5) is 25.0. The number of amides is 1. The molecule has 0 aromatic carbocycles. The monoisotopic (exact) mass is 243 g/mol. The Kier molecular flexibility index (Phi) is 5.97. The lowest BCUT2D eigenvalue weighted by Crippen LogP contribution is -2.42. The number of methoxy groups -OCH3 is 1. The lowest BCUT2D eigenvalue weighted by atomic mass is 9.98. The van der Waals surface area contributed by atoms with E-state index in [1.54, 1.807) is 12.0 Å². The van der Waals surface area contributed by atoms with Crippen LogP contribution in [0.2, 0.25) is 0 Å². The summed E-state index contributed by atoms with van der Waals surface area (Å²) in [6, 6.07) is 0. The van der Waals surface area contributed by atoms with Gasteiger partial charge in [0.25, 0.3) is 0 Å². The SMILES string of the molecule is CCC(=O)N1CCCC(C(=O)OCCOC)C1. The minimum atomic E-state index is -0.212. The lowest BCUT2D eigenvalue weighted by molar-refractivity contribution is -0.152. The van der Waals surface area contributed by atoms with Gasteiger partial charge in [0.15, 0.2) is 0 Å². The highest BCUT2D eigenvalue weighted by Crippen LogP contribution is 2.18. The number of hydrogen-bond donors (Lipinski definition) is 0. The minimum absolute atomic E-state index is 0.111. The molecule has 0 N–H and O–H groups in total. The maximum absolute atomic E-state index is 11.7. The van der Waals surface area contributed by atoms with Crippen LogP contribution >= 0.6 is 0 Å². The second-order valence-electron chi connectivity index (χ2n) is 4.19. The van der Waals surface area contributed by atoms with E-state index in [4.69, 9.17) is 9.47 Å². The second kappa shape index (κ2) is 7.27. The average molecular weight is 243 g/mol. The smallest absolute Gasteiger partial charge is 0.310 e. The highest BCUT2D eigenvalue weighted by Gasteiger charge is 2.28. The Morgan fingerprint density at radius 2 is 2.12 bits per heavy atom. The van der Waals surface area contributed by atoms with Gasteiger partial charge in [0.2, 0.25) is 5.91 Å². The summed E-state index contributed by atoms with van der Waals surface area (Å²) in [6.07, 6.45) is 2.17. The molecule has 0 saturated carbocycles. The van der Waals surface area contributed by atoms with Crippen LogP contribution in [0, 0.1) is 5.92 Å². The van der Waals surface area contributed by atoms with Crippen molar-refractivity contribution in [2.45, 2.75) is 26.2 Å². The van der Waals surface area contributed by atoms with Crippen molar-refractivity contribution in [2.75, 3.05) is 33.4 Å². The normalized spacial score (nSPS) is 20.1. The molecule has 0 aliphatic carbocycles. The zero-order valence-electron chi connectivity index (χ0n) is 10.6. The van der Waals surface area contributed by atoms with Gasteiger partial charge in [0.05, 0.1) is 12.5 Å². The van der Waals surface area contributed by atoms with Crippen LogP contribution < -0.4 is 0 Å². The molecule has 1 atom stereocenters. The van der Waals surface area contributed by atoms with Crippen LogP contribution in [0.1, 0.15) is 26.2 Å². The maximum atomic E-state index is 11.7. The average Bonchev–Trinajstić information content (AvgIpc) is 2.38. The highest BCUT2D eigenvalue weighted by atomic mass is 16.6. The molecule has 0 bridgehead atoms. The molecule has 0 radical (unpaired) electrons. The maximum Gasteiger partial charge on any atom is 0.310 e. The van der Waals surface area contributed by atoms with Crippen molar-refractivity contribution in [3.63, 3.8) is 0 Å². The minimum Gasteiger partial charge on any atom is -0.463 e. The molecule has 1 aliphatic heterocycles. The molecule has 0 spiro atoms. The number of esters is 1. The van der Waals surface area contributed by atoms with E-state index >= 15 is 0 Å². The van der Waals surface area contributed by atoms with E-state index in [0.29, 0.717) is 19.6 Å². The Morgan fingerprint density at radius 3 is 2.76 bits per heavy atom. The number of ether oxygens (including phenoxy) is 2. The van der Waals surface area contributed by atoms with Gasteiger partial charge in [-0.2, -0.15) is 0 Å². The molecular weight excluding hydrogens is 222 g/mol. The van der Waals surface area contributed by atoms with E-state index in [-0.39, 0.29) is 24.4 Å². The van der Waals surface area contributed by atoms with Crippen LogP contribution in [0.15, 0.2) is 0 Å². The Morgan fingerprint density at radius 1 is 1.35 bits per heavy atom. The summed E-state index contributed by atoms with van der Waals surface area (Å²) >= 11 is 0. The van der Waals surface area contributed by atoms with Gasteiger partial charge in [0.1, 0.15) is 6.61 Å². The summed E-state index contributed by atoms with van der Waals surface area (Å²) < 4.78 is 9.90. The van der Waals surface area contributed by atoms with E-state index in [1.807, 2.05) is 6.92 Å². The van der Waals surface area contributed by atoms with Gasteiger partial charge in [-0.25, -0.2) is 0 Å². The first kappa shape index (κ1) is 14.0. The topological polar surface area (TPSA) is 55.8 Å². The number of piperidine rings is 1. The van der Waals surface area contributed by atoms with Crippen molar-refractivity contribution in [3.05, 3.63) is 0 Å². The first-order valence-electron chi connectivity index (χ1n) is 6.12. The number of hydrogen-bond acceptors (Lipinski definition) is 4. The molecule has 17 heavy (non-hydrogen) atoms. The molecular formula is C12H21NO4. The molecule has 1 fully saturated rings. The molecule has 0 aromatic rings.